The van der Waals surface area contributed by atoms with Crippen LogP contribution in [0.15, 0.2) is 0 Å². The van der Waals surface area contributed by atoms with E-state index in [0.717, 1.165) is 0 Å². The van der Waals surface area contributed by atoms with Gasteiger partial charge in [0.05, 0.1) is 6.61 Å². The van der Waals surface area contributed by atoms with Crippen LogP contribution in [0.4, 0.5) is 0 Å². The van der Waals surface area contributed by atoms with Crippen LogP contribution in [0.25, 0.3) is 0 Å². The van der Waals surface area contributed by atoms with Gasteiger partial charge in [0.1, 0.15) is 12.2 Å². The molecule has 16 heavy (non-hydrogen) atoms. The molecular formula is C6H12O9S. The second kappa shape index (κ2) is 5.14. The predicted octanol–water partition coefficient (Wildman–Crippen LogP) is -4.16. The second-order valence-corrected chi connectivity index (χ2v) is 4.61. The van der Waals surface area contributed by atoms with Gasteiger partial charge in [-0.15, -0.1) is 0 Å². The monoisotopic (exact) mass is 260 g/mol. The van der Waals surface area contributed by atoms with Gasteiger partial charge in [-0.05, 0) is 0 Å². The van der Waals surface area contributed by atoms with Gasteiger partial charge >= 0.3 is 10.1 Å². The number of aldehydes is 1. The van der Waals surface area contributed by atoms with Crippen molar-refractivity contribution < 1.29 is 43.3 Å². The van der Waals surface area contributed by atoms with Crippen LogP contribution in [-0.4, -0.2) is 74.6 Å². The molecule has 0 saturated heterocycles. The fourth-order valence-electron chi connectivity index (χ4n) is 0.953. The molecule has 9 nitrogen and oxygen atoms in total. The van der Waals surface area contributed by atoms with E-state index in [4.69, 9.17) is 25.0 Å². The first kappa shape index (κ1) is 15.4. The van der Waals surface area contributed by atoms with Crippen molar-refractivity contribution in [2.24, 2.45) is 0 Å². The smallest absolute Gasteiger partial charge is 0.300 e. The van der Waals surface area contributed by atoms with E-state index in [1.807, 2.05) is 0 Å². The molecule has 0 aliphatic carbocycles. The van der Waals surface area contributed by atoms with E-state index >= 15 is 0 Å². The van der Waals surface area contributed by atoms with Gasteiger partial charge in [-0.2, -0.15) is 8.42 Å². The third kappa shape index (κ3) is 2.55. The van der Waals surface area contributed by atoms with Gasteiger partial charge in [0.25, 0.3) is 4.93 Å². The zero-order chi connectivity index (χ0) is 13.1. The molecule has 0 heterocycles. The molecule has 0 aromatic rings. The van der Waals surface area contributed by atoms with Gasteiger partial charge in [0.15, 0.2) is 12.4 Å². The summed E-state index contributed by atoms with van der Waals surface area (Å²) in [5.41, 5.74) is 0. The molecule has 10 heteroatoms. The second-order valence-electron chi connectivity index (χ2n) is 3.00. The van der Waals surface area contributed by atoms with Gasteiger partial charge in [-0.25, -0.2) is 0 Å². The van der Waals surface area contributed by atoms with Gasteiger partial charge in [0.2, 0.25) is 0 Å². The molecule has 0 amide bonds. The first-order chi connectivity index (χ1) is 7.12. The summed E-state index contributed by atoms with van der Waals surface area (Å²) in [6.07, 6.45) is -8.01. The zero-order valence-corrected chi connectivity index (χ0v) is 8.65. The van der Waals surface area contributed by atoms with E-state index in [1.165, 1.54) is 0 Å². The van der Waals surface area contributed by atoms with Crippen LogP contribution in [0.5, 0.6) is 0 Å². The normalized spacial score (nSPS) is 21.9. The van der Waals surface area contributed by atoms with Crippen molar-refractivity contribution in [1.82, 2.24) is 0 Å². The highest BCUT2D eigenvalue weighted by Gasteiger charge is 2.56. The van der Waals surface area contributed by atoms with E-state index < -0.39 is 46.3 Å². The molecule has 4 unspecified atom stereocenters. The van der Waals surface area contributed by atoms with Crippen molar-refractivity contribution in [3.63, 3.8) is 0 Å². The number of hydrogen-bond acceptors (Lipinski definition) is 8. The molecule has 0 spiro atoms. The van der Waals surface area contributed by atoms with Crippen LogP contribution in [0.2, 0.25) is 0 Å². The summed E-state index contributed by atoms with van der Waals surface area (Å²) in [6.45, 7) is -1.16. The van der Waals surface area contributed by atoms with Gasteiger partial charge in [-0.3, -0.25) is 4.55 Å². The van der Waals surface area contributed by atoms with Crippen molar-refractivity contribution in [1.29, 1.82) is 0 Å². The molecule has 96 valence electrons. The number of aliphatic hydroxyl groups excluding tert-OH is 4. The fourth-order valence-corrected chi connectivity index (χ4v) is 1.78. The molecule has 0 rings (SSSR count). The Hall–Kier alpha value is -0.620. The SMILES string of the molecule is O=CC(O)C(O)(C(O)C(O)CO)S(=O)(=O)O. The molecule has 6 N–H and O–H groups in total. The number of rotatable bonds is 6. The summed E-state index contributed by atoms with van der Waals surface area (Å²) < 4.78 is 30.1. The molecule has 4 atom stereocenters. The van der Waals surface area contributed by atoms with E-state index in [-0.39, 0.29) is 0 Å². The first-order valence-corrected chi connectivity index (χ1v) is 5.36. The lowest BCUT2D eigenvalue weighted by molar-refractivity contribution is -0.150. The average Bonchev–Trinajstić information content (AvgIpc) is 2.22. The molecule has 0 aliphatic heterocycles. The first-order valence-electron chi connectivity index (χ1n) is 3.92. The molecule has 0 saturated carbocycles. The number of hydrogen-bond donors (Lipinski definition) is 6. The number of aliphatic hydroxyl groups is 5. The zero-order valence-electron chi connectivity index (χ0n) is 7.83. The molecule has 0 bridgehead atoms. The van der Waals surface area contributed by atoms with E-state index in [2.05, 4.69) is 0 Å². The van der Waals surface area contributed by atoms with E-state index in [0.29, 0.717) is 0 Å². The lowest BCUT2D eigenvalue weighted by Crippen LogP contribution is -2.62. The Bertz CT molecular complexity index is 338. The van der Waals surface area contributed by atoms with Gasteiger partial charge < -0.3 is 30.3 Å². The van der Waals surface area contributed by atoms with Crippen molar-refractivity contribution in [3.05, 3.63) is 0 Å². The van der Waals surface area contributed by atoms with Crippen LogP contribution in [0.3, 0.4) is 0 Å². The highest BCUT2D eigenvalue weighted by molar-refractivity contribution is 7.87. The van der Waals surface area contributed by atoms with Crippen LogP contribution in [0.1, 0.15) is 0 Å². The van der Waals surface area contributed by atoms with Crippen molar-refractivity contribution >= 4 is 16.4 Å². The van der Waals surface area contributed by atoms with Crippen molar-refractivity contribution in [2.75, 3.05) is 6.61 Å². The van der Waals surface area contributed by atoms with Crippen LogP contribution in [0, 0.1) is 0 Å². The minimum absolute atomic E-state index is 0.457. The quantitative estimate of drug-likeness (QED) is 0.204. The summed E-state index contributed by atoms with van der Waals surface area (Å²) in [6, 6.07) is 0. The highest BCUT2D eigenvalue weighted by Crippen LogP contribution is 2.24. The predicted molar refractivity (Wildman–Crippen MR) is 47.7 cm³/mol. The largest absolute Gasteiger partial charge is 0.394 e. The summed E-state index contributed by atoms with van der Waals surface area (Å²) in [7, 11) is -5.48. The molecule has 0 aliphatic rings. The highest BCUT2D eigenvalue weighted by atomic mass is 32.2. The van der Waals surface area contributed by atoms with Crippen LogP contribution in [-0.2, 0) is 14.9 Å². The Morgan fingerprint density at radius 1 is 1.25 bits per heavy atom. The molecule has 0 radical (unpaired) electrons. The maximum Gasteiger partial charge on any atom is 0.300 e. The Balaban J connectivity index is 5.51. The summed E-state index contributed by atoms with van der Waals surface area (Å²) in [5, 5.41) is 44.7. The minimum atomic E-state index is -5.48. The average molecular weight is 260 g/mol. The minimum Gasteiger partial charge on any atom is -0.394 e. The fraction of sp³-hybridized carbons (Fsp3) is 0.833. The summed E-state index contributed by atoms with van der Waals surface area (Å²) in [5.74, 6) is 0. The lowest BCUT2D eigenvalue weighted by atomic mass is 10.0. The van der Waals surface area contributed by atoms with E-state index in [9.17, 15) is 18.3 Å². The number of carbonyl (C=O) groups is 1. The van der Waals surface area contributed by atoms with Crippen LogP contribution >= 0.6 is 0 Å². The Labute approximate surface area is 90.3 Å². The van der Waals surface area contributed by atoms with Gasteiger partial charge in [0, 0.05) is 0 Å². The molecule has 0 aromatic heterocycles. The Morgan fingerprint density at radius 3 is 1.94 bits per heavy atom. The van der Waals surface area contributed by atoms with E-state index in [1.54, 1.807) is 0 Å². The standard InChI is InChI=1S/C6H12O9S/c7-1-3(9)5(11)6(12,4(10)2-8)16(13,14)15/h2-5,7,9-12H,1H2,(H,13,14,15). The molecule has 0 aromatic carbocycles. The third-order valence-corrected chi connectivity index (χ3v) is 3.25. The Morgan fingerprint density at radius 2 is 1.69 bits per heavy atom. The lowest BCUT2D eigenvalue weighted by Gasteiger charge is -2.33. The number of carbonyl (C=O) groups excluding carboxylic acids is 1. The molecular weight excluding hydrogens is 248 g/mol. The molecule has 0 fully saturated rings. The van der Waals surface area contributed by atoms with Crippen molar-refractivity contribution in [3.8, 4) is 0 Å². The summed E-state index contributed by atoms with van der Waals surface area (Å²) >= 11 is 0. The maximum absolute atomic E-state index is 10.7. The van der Waals surface area contributed by atoms with Gasteiger partial charge in [-0.1, -0.05) is 0 Å². The topological polar surface area (TPSA) is 173 Å². The maximum atomic E-state index is 10.7. The third-order valence-electron chi connectivity index (χ3n) is 1.94. The Kier molecular flexibility index (Phi) is 4.94. The summed E-state index contributed by atoms with van der Waals surface area (Å²) in [4.78, 5) is 6.46. The van der Waals surface area contributed by atoms with Crippen molar-refractivity contribution in [2.45, 2.75) is 23.2 Å². The van der Waals surface area contributed by atoms with Crippen LogP contribution < -0.4 is 0 Å².